The molecule has 0 spiro atoms. The molecule has 0 atom stereocenters. The fourth-order valence-corrected chi connectivity index (χ4v) is 4.56. The molecule has 158 valence electrons. The first-order valence-corrected chi connectivity index (χ1v) is 10.2. The number of piperidine rings is 1. The van der Waals surface area contributed by atoms with Gasteiger partial charge >= 0.3 is 0 Å². The molecule has 0 amide bonds. The van der Waals surface area contributed by atoms with Crippen molar-refractivity contribution in [2.45, 2.75) is 57.7 Å². The van der Waals surface area contributed by atoms with Crippen molar-refractivity contribution in [1.82, 2.24) is 30.0 Å². The summed E-state index contributed by atoms with van der Waals surface area (Å²) in [4.78, 5) is 10.6. The number of pyridine rings is 1. The average molecular weight is 408 g/mol. The number of rotatable bonds is 4. The third kappa shape index (κ3) is 4.14. The van der Waals surface area contributed by atoms with Gasteiger partial charge in [-0.05, 0) is 52.7 Å². The fourth-order valence-electron chi connectivity index (χ4n) is 4.56. The molecule has 2 N–H and O–H groups in total. The molecule has 1 fully saturated rings. The molecule has 0 aromatic carbocycles. The number of aromatic hydroxyl groups is 1. The second-order valence-electron chi connectivity index (χ2n) is 9.37. The lowest BCUT2D eigenvalue weighted by Crippen LogP contribution is -2.62. The predicted molar refractivity (Wildman–Crippen MR) is 117 cm³/mol. The van der Waals surface area contributed by atoms with E-state index in [9.17, 15) is 5.11 Å². The molecule has 1 saturated heterocycles. The summed E-state index contributed by atoms with van der Waals surface area (Å²) < 4.78 is 1.78. The van der Waals surface area contributed by atoms with Crippen LogP contribution in [0.15, 0.2) is 43.1 Å². The van der Waals surface area contributed by atoms with Crippen LogP contribution < -0.4 is 10.2 Å². The van der Waals surface area contributed by atoms with E-state index in [4.69, 9.17) is 0 Å². The summed E-state index contributed by atoms with van der Waals surface area (Å²) in [7, 11) is 2.07. The van der Waals surface area contributed by atoms with Crippen LogP contribution in [0.5, 0.6) is 5.75 Å². The summed E-state index contributed by atoms with van der Waals surface area (Å²) >= 11 is 0. The second-order valence-corrected chi connectivity index (χ2v) is 9.37. The standard InChI is InChI=1S/C22H29N7O/c1-21(2)11-16(12-22(3,4)27-21)28(5)19-7-6-17(25-26-19)20-18(30)10-15(13-24-20)29-9-8-23-14-29/h6-10,13-14,16,27,30H,11-12H2,1-5H3. The summed E-state index contributed by atoms with van der Waals surface area (Å²) in [6.07, 6.45) is 8.85. The summed E-state index contributed by atoms with van der Waals surface area (Å²) in [6, 6.07) is 5.80. The van der Waals surface area contributed by atoms with Gasteiger partial charge in [0.1, 0.15) is 17.1 Å². The average Bonchev–Trinajstić information content (AvgIpc) is 3.20. The van der Waals surface area contributed by atoms with Crippen LogP contribution in [0.2, 0.25) is 0 Å². The van der Waals surface area contributed by atoms with Crippen LogP contribution in [-0.2, 0) is 0 Å². The minimum atomic E-state index is 0.0541. The molecular weight excluding hydrogens is 378 g/mol. The molecule has 3 aromatic rings. The highest BCUT2D eigenvalue weighted by molar-refractivity contribution is 5.64. The highest BCUT2D eigenvalue weighted by Crippen LogP contribution is 2.33. The van der Waals surface area contributed by atoms with Crippen molar-refractivity contribution in [3.63, 3.8) is 0 Å². The maximum atomic E-state index is 10.5. The number of hydrogen-bond donors (Lipinski definition) is 2. The van der Waals surface area contributed by atoms with E-state index in [1.165, 1.54) is 0 Å². The summed E-state index contributed by atoms with van der Waals surface area (Å²) in [6.45, 7) is 8.97. The Morgan fingerprint density at radius 3 is 2.43 bits per heavy atom. The Labute approximate surface area is 177 Å². The molecule has 30 heavy (non-hydrogen) atoms. The molecule has 0 bridgehead atoms. The molecule has 8 heteroatoms. The Bertz CT molecular complexity index is 996. The van der Waals surface area contributed by atoms with Gasteiger partial charge in [-0.1, -0.05) is 0 Å². The zero-order valence-electron chi connectivity index (χ0n) is 18.2. The molecular formula is C22H29N7O. The van der Waals surface area contributed by atoms with E-state index in [1.807, 2.05) is 12.1 Å². The van der Waals surface area contributed by atoms with E-state index < -0.39 is 0 Å². The topological polar surface area (TPSA) is 92.0 Å². The number of aromatic nitrogens is 5. The second kappa shape index (κ2) is 7.36. The summed E-state index contributed by atoms with van der Waals surface area (Å²) in [5.41, 5.74) is 1.79. The van der Waals surface area contributed by atoms with Crippen LogP contribution in [0, 0.1) is 0 Å². The van der Waals surface area contributed by atoms with Gasteiger partial charge in [0.05, 0.1) is 18.2 Å². The maximum absolute atomic E-state index is 10.5. The Kier molecular flexibility index (Phi) is 4.97. The first-order chi connectivity index (χ1) is 14.1. The molecule has 0 aliphatic carbocycles. The van der Waals surface area contributed by atoms with Crippen molar-refractivity contribution in [2.75, 3.05) is 11.9 Å². The number of nitrogens with zero attached hydrogens (tertiary/aromatic N) is 6. The Morgan fingerprint density at radius 2 is 1.87 bits per heavy atom. The molecule has 4 rings (SSSR count). The van der Waals surface area contributed by atoms with Crippen molar-refractivity contribution < 1.29 is 5.11 Å². The van der Waals surface area contributed by atoms with E-state index in [2.05, 4.69) is 65.1 Å². The number of hydrogen-bond acceptors (Lipinski definition) is 7. The Hall–Kier alpha value is -3.00. The lowest BCUT2D eigenvalue weighted by atomic mass is 9.79. The minimum Gasteiger partial charge on any atom is -0.506 e. The van der Waals surface area contributed by atoms with Crippen LogP contribution in [0.3, 0.4) is 0 Å². The van der Waals surface area contributed by atoms with E-state index in [1.54, 1.807) is 35.6 Å². The first kappa shape index (κ1) is 20.3. The number of imidazole rings is 1. The van der Waals surface area contributed by atoms with E-state index >= 15 is 0 Å². The van der Waals surface area contributed by atoms with Crippen LogP contribution in [0.1, 0.15) is 40.5 Å². The van der Waals surface area contributed by atoms with E-state index in [0.29, 0.717) is 17.4 Å². The summed E-state index contributed by atoms with van der Waals surface area (Å²) in [5.74, 6) is 0.866. The smallest absolute Gasteiger partial charge is 0.151 e. The highest BCUT2D eigenvalue weighted by Gasteiger charge is 2.39. The first-order valence-electron chi connectivity index (χ1n) is 10.2. The zero-order chi connectivity index (χ0) is 21.5. The minimum absolute atomic E-state index is 0.0541. The van der Waals surface area contributed by atoms with Gasteiger partial charge < -0.3 is 19.9 Å². The lowest BCUT2D eigenvalue weighted by molar-refractivity contribution is 0.160. The molecule has 1 aliphatic heterocycles. The van der Waals surface area contributed by atoms with Crippen molar-refractivity contribution in [2.24, 2.45) is 0 Å². The highest BCUT2D eigenvalue weighted by atomic mass is 16.3. The van der Waals surface area contributed by atoms with Crippen LogP contribution >= 0.6 is 0 Å². The predicted octanol–water partition coefficient (Wildman–Crippen LogP) is 3.18. The van der Waals surface area contributed by atoms with Crippen LogP contribution in [0.4, 0.5) is 5.82 Å². The fraction of sp³-hybridized carbons (Fsp3) is 0.455. The van der Waals surface area contributed by atoms with Gasteiger partial charge in [0.15, 0.2) is 5.82 Å². The molecule has 8 nitrogen and oxygen atoms in total. The third-order valence-electron chi connectivity index (χ3n) is 5.63. The molecule has 1 aliphatic rings. The van der Waals surface area contributed by atoms with Gasteiger partial charge in [0.25, 0.3) is 0 Å². The Morgan fingerprint density at radius 1 is 1.13 bits per heavy atom. The number of nitrogens with one attached hydrogen (secondary N) is 1. The monoisotopic (exact) mass is 407 g/mol. The largest absolute Gasteiger partial charge is 0.506 e. The van der Waals surface area contributed by atoms with Crippen LogP contribution in [-0.4, -0.2) is 54.0 Å². The quantitative estimate of drug-likeness (QED) is 0.686. The molecule has 0 radical (unpaired) electrons. The molecule has 0 unspecified atom stereocenters. The third-order valence-corrected chi connectivity index (χ3v) is 5.63. The van der Waals surface area contributed by atoms with Gasteiger partial charge in [-0.15, -0.1) is 10.2 Å². The van der Waals surface area contributed by atoms with Crippen molar-refractivity contribution in [3.8, 4) is 22.8 Å². The zero-order valence-corrected chi connectivity index (χ0v) is 18.2. The van der Waals surface area contributed by atoms with Gasteiger partial charge in [-0.25, -0.2) is 9.97 Å². The van der Waals surface area contributed by atoms with Crippen LogP contribution in [0.25, 0.3) is 17.1 Å². The van der Waals surface area contributed by atoms with Gasteiger partial charge in [-0.3, -0.25) is 0 Å². The van der Waals surface area contributed by atoms with E-state index in [-0.39, 0.29) is 16.8 Å². The Balaban J connectivity index is 1.54. The van der Waals surface area contributed by atoms with E-state index in [0.717, 1.165) is 24.3 Å². The van der Waals surface area contributed by atoms with Gasteiger partial charge in [0.2, 0.25) is 0 Å². The maximum Gasteiger partial charge on any atom is 0.151 e. The van der Waals surface area contributed by atoms with Crippen molar-refractivity contribution >= 4 is 5.82 Å². The van der Waals surface area contributed by atoms with Gasteiger partial charge in [-0.2, -0.15) is 0 Å². The van der Waals surface area contributed by atoms with Crippen molar-refractivity contribution in [1.29, 1.82) is 0 Å². The summed E-state index contributed by atoms with van der Waals surface area (Å²) in [5, 5.41) is 22.9. The molecule has 0 saturated carbocycles. The number of anilines is 1. The SMILES string of the molecule is CN(c1ccc(-c2ncc(-n3ccnc3)cc2O)nn1)C1CC(C)(C)NC(C)(C)C1. The van der Waals surface area contributed by atoms with Gasteiger partial charge in [0, 0.05) is 42.6 Å². The molecule has 4 heterocycles. The molecule has 3 aromatic heterocycles. The lowest BCUT2D eigenvalue weighted by Gasteiger charge is -2.49. The van der Waals surface area contributed by atoms with Crippen molar-refractivity contribution in [3.05, 3.63) is 43.1 Å². The normalized spacial score (nSPS) is 18.3.